The minimum absolute atomic E-state index is 0.208. The Morgan fingerprint density at radius 3 is 2.16 bits per heavy atom. The molecule has 0 fully saturated rings. The van der Waals surface area contributed by atoms with Gasteiger partial charge in [-0.3, -0.25) is 4.79 Å². The summed E-state index contributed by atoms with van der Waals surface area (Å²) in [6.45, 7) is 8.27. The Morgan fingerprint density at radius 1 is 1.00 bits per heavy atom. The summed E-state index contributed by atoms with van der Waals surface area (Å²) >= 11 is 0. The minimum Gasteiger partial charge on any atom is -0.322 e. The van der Waals surface area contributed by atoms with Crippen molar-refractivity contribution in [3.8, 4) is 0 Å². The summed E-state index contributed by atoms with van der Waals surface area (Å²) in [5, 5.41) is 2.81. The zero-order chi connectivity index (χ0) is 18.6. The van der Waals surface area contributed by atoms with Crippen molar-refractivity contribution in [1.82, 2.24) is 4.31 Å². The van der Waals surface area contributed by atoms with E-state index >= 15 is 0 Å². The van der Waals surface area contributed by atoms with Crippen LogP contribution < -0.4 is 5.32 Å². The van der Waals surface area contributed by atoms with E-state index in [0.29, 0.717) is 24.3 Å². The van der Waals surface area contributed by atoms with Crippen LogP contribution in [0.4, 0.5) is 5.69 Å². The van der Waals surface area contributed by atoms with Crippen molar-refractivity contribution in [2.24, 2.45) is 0 Å². The molecule has 0 bridgehead atoms. The first kappa shape index (κ1) is 19.1. The summed E-state index contributed by atoms with van der Waals surface area (Å²) < 4.78 is 26.3. The molecule has 0 spiro atoms. The Bertz CT molecular complexity index is 855. The maximum absolute atomic E-state index is 12.5. The van der Waals surface area contributed by atoms with Gasteiger partial charge in [-0.15, -0.1) is 0 Å². The summed E-state index contributed by atoms with van der Waals surface area (Å²) in [7, 11) is -3.49. The highest BCUT2D eigenvalue weighted by Crippen LogP contribution is 2.19. The fourth-order valence-electron chi connectivity index (χ4n) is 2.60. The number of rotatable bonds is 6. The highest BCUT2D eigenvalue weighted by atomic mass is 32.2. The van der Waals surface area contributed by atoms with Crippen LogP contribution in [0, 0.1) is 13.8 Å². The number of carbonyl (C=O) groups is 1. The van der Waals surface area contributed by atoms with Crippen molar-refractivity contribution in [3.63, 3.8) is 0 Å². The molecule has 0 atom stereocenters. The largest absolute Gasteiger partial charge is 0.322 e. The van der Waals surface area contributed by atoms with Crippen LogP contribution in [-0.2, 0) is 10.0 Å². The molecule has 5 nitrogen and oxygen atoms in total. The number of hydrogen-bond acceptors (Lipinski definition) is 3. The lowest BCUT2D eigenvalue weighted by atomic mass is 10.1. The molecule has 0 aliphatic heterocycles. The summed E-state index contributed by atoms with van der Waals surface area (Å²) in [6, 6.07) is 12.0. The second-order valence-electron chi connectivity index (χ2n) is 5.89. The molecule has 2 aromatic carbocycles. The quantitative estimate of drug-likeness (QED) is 0.856. The molecule has 0 saturated carbocycles. The van der Waals surface area contributed by atoms with Gasteiger partial charge < -0.3 is 5.32 Å². The lowest BCUT2D eigenvalue weighted by Crippen LogP contribution is -2.30. The first-order chi connectivity index (χ1) is 11.8. The van der Waals surface area contributed by atoms with Crippen LogP contribution in [0.25, 0.3) is 0 Å². The van der Waals surface area contributed by atoms with E-state index in [9.17, 15) is 13.2 Å². The van der Waals surface area contributed by atoms with E-state index in [0.717, 1.165) is 11.1 Å². The maximum Gasteiger partial charge on any atom is 0.255 e. The Balaban J connectivity index is 2.21. The molecule has 0 heterocycles. The van der Waals surface area contributed by atoms with Gasteiger partial charge in [0.2, 0.25) is 10.0 Å². The zero-order valence-corrected chi connectivity index (χ0v) is 15.9. The number of carbonyl (C=O) groups excluding carboxylic acids is 1. The number of nitrogens with one attached hydrogen (secondary N) is 1. The summed E-state index contributed by atoms with van der Waals surface area (Å²) in [5.41, 5.74) is 3.07. The van der Waals surface area contributed by atoms with Crippen LogP contribution in [0.1, 0.15) is 35.3 Å². The second kappa shape index (κ2) is 7.80. The Labute approximate surface area is 149 Å². The SMILES string of the molecule is CCN(CC)S(=O)(=O)c1ccc(NC(=O)c2cc(C)ccc2C)cc1. The first-order valence-corrected chi connectivity index (χ1v) is 9.72. The molecule has 0 radical (unpaired) electrons. The molecule has 2 rings (SSSR count). The average molecular weight is 360 g/mol. The predicted octanol–water partition coefficient (Wildman–Crippen LogP) is 3.59. The summed E-state index contributed by atoms with van der Waals surface area (Å²) in [4.78, 5) is 12.7. The van der Waals surface area contributed by atoms with Gasteiger partial charge >= 0.3 is 0 Å². The van der Waals surface area contributed by atoms with E-state index in [2.05, 4.69) is 5.32 Å². The molecule has 0 aromatic heterocycles. The van der Waals surface area contributed by atoms with Gasteiger partial charge in [-0.2, -0.15) is 4.31 Å². The van der Waals surface area contributed by atoms with Crippen LogP contribution in [0.3, 0.4) is 0 Å². The van der Waals surface area contributed by atoms with Gasteiger partial charge in [0.15, 0.2) is 0 Å². The van der Waals surface area contributed by atoms with Gasteiger partial charge in [-0.05, 0) is 49.7 Å². The third kappa shape index (κ3) is 4.27. The number of nitrogens with zero attached hydrogens (tertiary/aromatic N) is 1. The van der Waals surface area contributed by atoms with Crippen molar-refractivity contribution in [2.45, 2.75) is 32.6 Å². The van der Waals surface area contributed by atoms with E-state index in [1.807, 2.05) is 32.0 Å². The Kier molecular flexibility index (Phi) is 5.98. The highest BCUT2D eigenvalue weighted by Gasteiger charge is 2.21. The van der Waals surface area contributed by atoms with E-state index in [-0.39, 0.29) is 10.8 Å². The molecule has 0 unspecified atom stereocenters. The number of benzene rings is 2. The van der Waals surface area contributed by atoms with Gasteiger partial charge in [-0.1, -0.05) is 31.5 Å². The van der Waals surface area contributed by atoms with E-state index in [1.54, 1.807) is 26.0 Å². The van der Waals surface area contributed by atoms with Crippen molar-refractivity contribution < 1.29 is 13.2 Å². The number of hydrogen-bond donors (Lipinski definition) is 1. The normalized spacial score (nSPS) is 11.6. The monoisotopic (exact) mass is 360 g/mol. The number of aryl methyl sites for hydroxylation is 2. The van der Waals surface area contributed by atoms with Crippen LogP contribution in [0.2, 0.25) is 0 Å². The fraction of sp³-hybridized carbons (Fsp3) is 0.316. The van der Waals surface area contributed by atoms with Gasteiger partial charge in [0.1, 0.15) is 0 Å². The number of anilines is 1. The highest BCUT2D eigenvalue weighted by molar-refractivity contribution is 7.89. The Hall–Kier alpha value is -2.18. The van der Waals surface area contributed by atoms with Gasteiger partial charge in [0.05, 0.1) is 4.90 Å². The summed E-state index contributed by atoms with van der Waals surface area (Å²) in [6.07, 6.45) is 0. The van der Waals surface area contributed by atoms with Crippen LogP contribution in [0.5, 0.6) is 0 Å². The standard InChI is InChI=1S/C19H24N2O3S/c1-5-21(6-2)25(23,24)17-11-9-16(10-12-17)20-19(22)18-13-14(3)7-8-15(18)4/h7-13H,5-6H2,1-4H3,(H,20,22). The third-order valence-corrected chi connectivity index (χ3v) is 6.16. The van der Waals surface area contributed by atoms with Crippen molar-refractivity contribution in [2.75, 3.05) is 18.4 Å². The molecule has 6 heteroatoms. The van der Waals surface area contributed by atoms with Crippen LogP contribution >= 0.6 is 0 Å². The summed E-state index contributed by atoms with van der Waals surface area (Å²) in [5.74, 6) is -0.208. The van der Waals surface area contributed by atoms with Crippen LogP contribution in [0.15, 0.2) is 47.4 Å². The molecular weight excluding hydrogens is 336 g/mol. The molecule has 25 heavy (non-hydrogen) atoms. The maximum atomic E-state index is 12.5. The smallest absolute Gasteiger partial charge is 0.255 e. The molecular formula is C19H24N2O3S. The van der Waals surface area contributed by atoms with E-state index in [4.69, 9.17) is 0 Å². The molecule has 0 saturated heterocycles. The topological polar surface area (TPSA) is 66.5 Å². The minimum atomic E-state index is -3.49. The molecule has 134 valence electrons. The molecule has 0 aliphatic rings. The number of amides is 1. The van der Waals surface area contributed by atoms with Crippen molar-refractivity contribution in [1.29, 1.82) is 0 Å². The molecule has 1 N–H and O–H groups in total. The fourth-order valence-corrected chi connectivity index (χ4v) is 4.06. The lowest BCUT2D eigenvalue weighted by molar-refractivity contribution is 0.102. The van der Waals surface area contributed by atoms with Crippen LogP contribution in [-0.4, -0.2) is 31.7 Å². The molecule has 0 aliphatic carbocycles. The second-order valence-corrected chi connectivity index (χ2v) is 7.82. The molecule has 1 amide bonds. The van der Waals surface area contributed by atoms with Gasteiger partial charge in [0, 0.05) is 24.3 Å². The average Bonchev–Trinajstić information content (AvgIpc) is 2.58. The Morgan fingerprint density at radius 2 is 1.60 bits per heavy atom. The predicted molar refractivity (Wildman–Crippen MR) is 100 cm³/mol. The zero-order valence-electron chi connectivity index (χ0n) is 15.0. The first-order valence-electron chi connectivity index (χ1n) is 8.28. The number of sulfonamides is 1. The van der Waals surface area contributed by atoms with Gasteiger partial charge in [0.25, 0.3) is 5.91 Å². The lowest BCUT2D eigenvalue weighted by Gasteiger charge is -2.18. The van der Waals surface area contributed by atoms with Crippen molar-refractivity contribution >= 4 is 21.6 Å². The van der Waals surface area contributed by atoms with E-state index < -0.39 is 10.0 Å². The molecule has 2 aromatic rings. The third-order valence-electron chi connectivity index (χ3n) is 4.09. The van der Waals surface area contributed by atoms with Gasteiger partial charge in [-0.25, -0.2) is 8.42 Å². The van der Waals surface area contributed by atoms with E-state index in [1.165, 1.54) is 16.4 Å². The van der Waals surface area contributed by atoms with Crippen molar-refractivity contribution in [3.05, 3.63) is 59.2 Å².